The van der Waals surface area contributed by atoms with Gasteiger partial charge in [-0.2, -0.15) is 0 Å². The highest BCUT2D eigenvalue weighted by Crippen LogP contribution is 2.26. The van der Waals surface area contributed by atoms with E-state index in [1.807, 2.05) is 48.7 Å². The van der Waals surface area contributed by atoms with Gasteiger partial charge >= 0.3 is 0 Å². The number of aryl methyl sites for hydroxylation is 1. The molecule has 1 amide bonds. The van der Waals surface area contributed by atoms with Crippen molar-refractivity contribution in [3.8, 4) is 0 Å². The Morgan fingerprint density at radius 2 is 1.80 bits per heavy atom. The highest BCUT2D eigenvalue weighted by molar-refractivity contribution is 7.10. The summed E-state index contributed by atoms with van der Waals surface area (Å²) in [5.41, 5.74) is 2.84. The first-order valence-electron chi connectivity index (χ1n) is 8.00. The van der Waals surface area contributed by atoms with Crippen LogP contribution in [-0.4, -0.2) is 12.5 Å². The summed E-state index contributed by atoms with van der Waals surface area (Å²) in [5.74, 6) is -0.390. The molecule has 128 valence electrons. The Morgan fingerprint density at radius 3 is 2.44 bits per heavy atom. The Labute approximate surface area is 150 Å². The number of thiophene rings is 1. The summed E-state index contributed by atoms with van der Waals surface area (Å²) < 4.78 is 13.2. The first kappa shape index (κ1) is 17.3. The molecule has 2 aromatic carbocycles. The van der Waals surface area contributed by atoms with Gasteiger partial charge in [0.1, 0.15) is 5.82 Å². The summed E-state index contributed by atoms with van der Waals surface area (Å²) in [7, 11) is 0. The van der Waals surface area contributed by atoms with E-state index in [9.17, 15) is 9.18 Å². The Hall–Kier alpha value is -2.50. The van der Waals surface area contributed by atoms with Gasteiger partial charge < -0.3 is 5.32 Å². The standard InChI is InChI=1S/C20H19FN2OS/c1-14-4-10-17(11-5-14)23-19(24)13-22-20(18-3-2-12-25-18)15-6-8-16(21)9-7-15/h2-12,20,22H,13H2,1H3,(H,23,24)/t20-/m0/s1. The molecule has 3 nitrogen and oxygen atoms in total. The van der Waals surface area contributed by atoms with E-state index < -0.39 is 0 Å². The molecule has 0 unspecified atom stereocenters. The summed E-state index contributed by atoms with van der Waals surface area (Å²) in [4.78, 5) is 13.3. The first-order chi connectivity index (χ1) is 12.1. The van der Waals surface area contributed by atoms with Crippen LogP contribution >= 0.6 is 11.3 Å². The molecule has 1 atom stereocenters. The van der Waals surface area contributed by atoms with Crippen LogP contribution in [0.1, 0.15) is 22.0 Å². The van der Waals surface area contributed by atoms with Crippen LogP contribution in [-0.2, 0) is 4.79 Å². The second-order valence-corrected chi connectivity index (χ2v) is 6.77. The predicted octanol–water partition coefficient (Wildman–Crippen LogP) is 4.51. The SMILES string of the molecule is Cc1ccc(NC(=O)CN[C@@H](c2ccc(F)cc2)c2cccs2)cc1. The van der Waals surface area contributed by atoms with Gasteiger partial charge in [-0.3, -0.25) is 10.1 Å². The van der Waals surface area contributed by atoms with Crippen LogP contribution in [0.25, 0.3) is 0 Å². The van der Waals surface area contributed by atoms with E-state index in [1.54, 1.807) is 23.5 Å². The number of hydrogen-bond donors (Lipinski definition) is 2. The predicted molar refractivity (Wildman–Crippen MR) is 100 cm³/mol. The number of carbonyl (C=O) groups excluding carboxylic acids is 1. The fraction of sp³-hybridized carbons (Fsp3) is 0.150. The average Bonchev–Trinajstić information content (AvgIpc) is 3.13. The van der Waals surface area contributed by atoms with E-state index in [0.717, 1.165) is 21.7 Å². The molecule has 1 heterocycles. The zero-order valence-corrected chi connectivity index (χ0v) is 14.6. The van der Waals surface area contributed by atoms with Gasteiger partial charge in [-0.25, -0.2) is 4.39 Å². The zero-order chi connectivity index (χ0) is 17.6. The van der Waals surface area contributed by atoms with Crippen molar-refractivity contribution in [1.82, 2.24) is 5.32 Å². The lowest BCUT2D eigenvalue weighted by Gasteiger charge is -2.18. The lowest BCUT2D eigenvalue weighted by Crippen LogP contribution is -2.31. The molecule has 0 fully saturated rings. The molecule has 2 N–H and O–H groups in total. The highest BCUT2D eigenvalue weighted by atomic mass is 32.1. The van der Waals surface area contributed by atoms with Crippen molar-refractivity contribution in [2.24, 2.45) is 0 Å². The number of nitrogens with one attached hydrogen (secondary N) is 2. The fourth-order valence-corrected chi connectivity index (χ4v) is 3.36. The highest BCUT2D eigenvalue weighted by Gasteiger charge is 2.16. The summed E-state index contributed by atoms with van der Waals surface area (Å²) >= 11 is 1.60. The number of benzene rings is 2. The van der Waals surface area contributed by atoms with Crippen molar-refractivity contribution in [2.75, 3.05) is 11.9 Å². The maximum atomic E-state index is 13.2. The van der Waals surface area contributed by atoms with Crippen LogP contribution in [0.3, 0.4) is 0 Å². The number of carbonyl (C=O) groups is 1. The molecule has 3 aromatic rings. The van der Waals surface area contributed by atoms with Crippen LogP contribution in [0.4, 0.5) is 10.1 Å². The molecule has 0 saturated carbocycles. The third-order valence-corrected chi connectivity index (χ3v) is 4.77. The second kappa shape index (κ2) is 8.05. The summed E-state index contributed by atoms with van der Waals surface area (Å²) in [5, 5.41) is 8.12. The summed E-state index contributed by atoms with van der Waals surface area (Å²) in [6.07, 6.45) is 0. The molecule has 0 bridgehead atoms. The van der Waals surface area contributed by atoms with Gasteiger partial charge in [0, 0.05) is 10.6 Å². The maximum Gasteiger partial charge on any atom is 0.238 e. The topological polar surface area (TPSA) is 41.1 Å². The zero-order valence-electron chi connectivity index (χ0n) is 13.8. The van der Waals surface area contributed by atoms with Crippen LogP contribution in [0.2, 0.25) is 0 Å². The monoisotopic (exact) mass is 354 g/mol. The van der Waals surface area contributed by atoms with Gasteiger partial charge in [-0.1, -0.05) is 35.9 Å². The van der Waals surface area contributed by atoms with Gasteiger partial charge in [0.15, 0.2) is 0 Å². The lowest BCUT2D eigenvalue weighted by atomic mass is 10.1. The lowest BCUT2D eigenvalue weighted by molar-refractivity contribution is -0.115. The number of rotatable bonds is 6. The molecule has 0 aliphatic heterocycles. The average molecular weight is 354 g/mol. The molecule has 5 heteroatoms. The number of halogens is 1. The van der Waals surface area contributed by atoms with Crippen LogP contribution in [0, 0.1) is 12.7 Å². The molecule has 1 aromatic heterocycles. The van der Waals surface area contributed by atoms with Gasteiger partial charge in [0.05, 0.1) is 12.6 Å². The second-order valence-electron chi connectivity index (χ2n) is 5.80. The fourth-order valence-electron chi connectivity index (χ4n) is 2.53. The van der Waals surface area contributed by atoms with Crippen molar-refractivity contribution >= 4 is 22.9 Å². The van der Waals surface area contributed by atoms with Crippen molar-refractivity contribution in [3.63, 3.8) is 0 Å². The molecule has 0 aliphatic rings. The Morgan fingerprint density at radius 1 is 1.08 bits per heavy atom. The Bertz CT molecular complexity index is 814. The third kappa shape index (κ3) is 4.75. The van der Waals surface area contributed by atoms with E-state index in [0.29, 0.717) is 0 Å². The quantitative estimate of drug-likeness (QED) is 0.684. The minimum absolute atomic E-state index is 0.118. The van der Waals surface area contributed by atoms with Crippen LogP contribution < -0.4 is 10.6 Å². The molecular formula is C20H19FN2OS. The molecular weight excluding hydrogens is 335 g/mol. The van der Waals surface area contributed by atoms with Gasteiger partial charge in [0.25, 0.3) is 0 Å². The van der Waals surface area contributed by atoms with Crippen molar-refractivity contribution < 1.29 is 9.18 Å². The van der Waals surface area contributed by atoms with E-state index in [2.05, 4.69) is 10.6 Å². The summed E-state index contributed by atoms with van der Waals surface area (Å²) in [6, 6.07) is 17.8. The minimum Gasteiger partial charge on any atom is -0.325 e. The van der Waals surface area contributed by atoms with E-state index >= 15 is 0 Å². The van der Waals surface area contributed by atoms with Gasteiger partial charge in [-0.05, 0) is 48.2 Å². The molecule has 0 saturated heterocycles. The molecule has 0 aliphatic carbocycles. The van der Waals surface area contributed by atoms with Gasteiger partial charge in [-0.15, -0.1) is 11.3 Å². The third-order valence-electron chi connectivity index (χ3n) is 3.83. The van der Waals surface area contributed by atoms with Crippen molar-refractivity contribution in [1.29, 1.82) is 0 Å². The van der Waals surface area contributed by atoms with E-state index in [4.69, 9.17) is 0 Å². The normalized spacial score (nSPS) is 11.9. The largest absolute Gasteiger partial charge is 0.325 e. The first-order valence-corrected chi connectivity index (χ1v) is 8.88. The van der Waals surface area contributed by atoms with Crippen molar-refractivity contribution in [3.05, 3.63) is 87.9 Å². The number of anilines is 1. The summed E-state index contributed by atoms with van der Waals surface area (Å²) in [6.45, 7) is 2.16. The van der Waals surface area contributed by atoms with Gasteiger partial charge in [0.2, 0.25) is 5.91 Å². The van der Waals surface area contributed by atoms with Crippen molar-refractivity contribution in [2.45, 2.75) is 13.0 Å². The smallest absolute Gasteiger partial charge is 0.238 e. The molecule has 25 heavy (non-hydrogen) atoms. The van der Waals surface area contributed by atoms with Crippen LogP contribution in [0.5, 0.6) is 0 Å². The Balaban J connectivity index is 1.67. The minimum atomic E-state index is -0.272. The Kier molecular flexibility index (Phi) is 5.58. The molecule has 0 radical (unpaired) electrons. The van der Waals surface area contributed by atoms with E-state index in [-0.39, 0.29) is 24.3 Å². The van der Waals surface area contributed by atoms with Crippen LogP contribution in [0.15, 0.2) is 66.0 Å². The maximum absolute atomic E-state index is 13.2. The van der Waals surface area contributed by atoms with E-state index in [1.165, 1.54) is 12.1 Å². The number of hydrogen-bond acceptors (Lipinski definition) is 3. The molecule has 0 spiro atoms. The molecule has 3 rings (SSSR count). The number of amides is 1.